The minimum Gasteiger partial charge on any atom is -0.451 e. The van der Waals surface area contributed by atoms with Crippen LogP contribution in [0, 0.1) is 13.8 Å². The van der Waals surface area contributed by atoms with E-state index < -0.39 is 23.6 Å². The lowest BCUT2D eigenvalue weighted by Crippen LogP contribution is -2.27. The van der Waals surface area contributed by atoms with Gasteiger partial charge < -0.3 is 15.5 Å². The maximum absolute atomic E-state index is 13.0. The number of Topliss-reactive ketones (excluding diaryl/α,β-unsaturated/α-hetero) is 2. The van der Waals surface area contributed by atoms with Crippen LogP contribution in [0.1, 0.15) is 88.2 Å². The Bertz CT molecular complexity index is 1430. The summed E-state index contributed by atoms with van der Waals surface area (Å²) in [6.07, 6.45) is -1.20. The molecule has 0 aliphatic heterocycles. The van der Waals surface area contributed by atoms with Crippen molar-refractivity contribution in [1.82, 2.24) is 4.98 Å². The second-order valence-electron chi connectivity index (χ2n) is 8.25. The Balaban J connectivity index is 1.63. The Labute approximate surface area is 195 Å². The molecule has 8 heteroatoms. The van der Waals surface area contributed by atoms with Crippen molar-refractivity contribution in [1.29, 1.82) is 0 Å². The predicted molar refractivity (Wildman–Crippen MR) is 124 cm³/mol. The number of aromatic amines is 1. The first-order valence-corrected chi connectivity index (χ1v) is 10.6. The van der Waals surface area contributed by atoms with Gasteiger partial charge in [0.05, 0.1) is 22.5 Å². The highest BCUT2D eigenvalue weighted by Crippen LogP contribution is 2.33. The van der Waals surface area contributed by atoms with E-state index in [2.05, 4.69) is 4.98 Å². The summed E-state index contributed by atoms with van der Waals surface area (Å²) in [5, 5.41) is 0. The Kier molecular flexibility index (Phi) is 5.53. The van der Waals surface area contributed by atoms with Crippen molar-refractivity contribution in [2.45, 2.75) is 33.8 Å². The number of ketones is 4. The largest absolute Gasteiger partial charge is 0.451 e. The molecule has 172 valence electrons. The van der Waals surface area contributed by atoms with E-state index in [1.54, 1.807) is 32.0 Å². The number of nitrogens with two attached hydrogens (primary N) is 1. The number of ether oxygens (including phenoxy) is 1. The van der Waals surface area contributed by atoms with E-state index in [0.717, 1.165) is 0 Å². The van der Waals surface area contributed by atoms with Crippen LogP contribution in [0.2, 0.25) is 0 Å². The molecule has 1 heterocycles. The van der Waals surface area contributed by atoms with Crippen LogP contribution in [-0.2, 0) is 4.74 Å². The number of aromatic nitrogens is 1. The highest BCUT2D eigenvalue weighted by Gasteiger charge is 2.34. The van der Waals surface area contributed by atoms with Crippen LogP contribution in [0.5, 0.6) is 0 Å². The normalized spacial score (nSPS) is 13.2. The molecule has 0 saturated carbocycles. The molecule has 1 aliphatic rings. The molecular weight excluding hydrogens is 436 g/mol. The van der Waals surface area contributed by atoms with Crippen molar-refractivity contribution in [2.24, 2.45) is 0 Å². The number of benzene rings is 2. The van der Waals surface area contributed by atoms with Gasteiger partial charge in [-0.1, -0.05) is 24.3 Å². The van der Waals surface area contributed by atoms with Gasteiger partial charge in [0.25, 0.3) is 0 Å². The molecule has 3 aromatic rings. The van der Waals surface area contributed by atoms with Gasteiger partial charge in [-0.15, -0.1) is 0 Å². The van der Waals surface area contributed by atoms with Gasteiger partial charge >= 0.3 is 5.97 Å². The number of anilines is 1. The van der Waals surface area contributed by atoms with Gasteiger partial charge in [0.1, 0.15) is 0 Å². The van der Waals surface area contributed by atoms with Crippen LogP contribution in [-0.4, -0.2) is 40.2 Å². The predicted octanol–water partition coefficient (Wildman–Crippen LogP) is 3.62. The maximum Gasteiger partial charge on any atom is 0.340 e. The van der Waals surface area contributed by atoms with E-state index in [1.165, 1.54) is 32.0 Å². The van der Waals surface area contributed by atoms with Crippen LogP contribution in [0.15, 0.2) is 36.4 Å². The quantitative estimate of drug-likeness (QED) is 0.265. The number of carbonyl (C=O) groups excluding carboxylic acids is 5. The summed E-state index contributed by atoms with van der Waals surface area (Å²) in [6, 6.07) is 9.06. The lowest BCUT2D eigenvalue weighted by atomic mass is 9.82. The SMILES string of the molecule is CC(=O)c1c(C)[nH]c(C(=O)C(C)OC(=O)c2ccc3c(c2N)C(=O)c2ccccc2C3=O)c1C. The average Bonchev–Trinajstić information content (AvgIpc) is 3.10. The summed E-state index contributed by atoms with van der Waals surface area (Å²) in [7, 11) is 0. The van der Waals surface area contributed by atoms with Gasteiger partial charge in [0.2, 0.25) is 5.78 Å². The number of nitrogen functional groups attached to an aromatic ring is 1. The van der Waals surface area contributed by atoms with Crippen molar-refractivity contribution in [2.75, 3.05) is 5.73 Å². The number of esters is 1. The molecule has 34 heavy (non-hydrogen) atoms. The van der Waals surface area contributed by atoms with Crippen LogP contribution in [0.25, 0.3) is 0 Å². The average molecular weight is 458 g/mol. The molecule has 0 spiro atoms. The maximum atomic E-state index is 13.0. The molecule has 1 aromatic heterocycles. The molecular formula is C26H22N2O6. The van der Waals surface area contributed by atoms with Crippen LogP contribution < -0.4 is 5.73 Å². The molecule has 0 radical (unpaired) electrons. The van der Waals surface area contributed by atoms with E-state index in [4.69, 9.17) is 10.5 Å². The number of nitrogens with one attached hydrogen (secondary N) is 1. The summed E-state index contributed by atoms with van der Waals surface area (Å²) in [4.78, 5) is 66.4. The summed E-state index contributed by atoms with van der Waals surface area (Å²) in [5.41, 5.74) is 8.02. The van der Waals surface area contributed by atoms with E-state index in [9.17, 15) is 24.0 Å². The number of hydrogen-bond acceptors (Lipinski definition) is 7. The Morgan fingerprint density at radius 3 is 2.15 bits per heavy atom. The van der Waals surface area contributed by atoms with Crippen molar-refractivity contribution in [3.63, 3.8) is 0 Å². The molecule has 0 saturated heterocycles. The van der Waals surface area contributed by atoms with Gasteiger partial charge in [-0.25, -0.2) is 4.79 Å². The van der Waals surface area contributed by atoms with Crippen molar-refractivity contribution in [3.8, 4) is 0 Å². The monoisotopic (exact) mass is 458 g/mol. The number of hydrogen-bond donors (Lipinski definition) is 2. The zero-order valence-corrected chi connectivity index (χ0v) is 19.1. The number of rotatable bonds is 5. The van der Waals surface area contributed by atoms with Crippen LogP contribution >= 0.6 is 0 Å². The molecule has 3 N–H and O–H groups in total. The van der Waals surface area contributed by atoms with E-state index in [-0.39, 0.29) is 50.8 Å². The fourth-order valence-corrected chi connectivity index (χ4v) is 4.40. The summed E-state index contributed by atoms with van der Waals surface area (Å²) in [6.45, 7) is 6.14. The lowest BCUT2D eigenvalue weighted by molar-refractivity contribution is 0.0318. The minimum atomic E-state index is -1.20. The fraction of sp³-hybridized carbons (Fsp3) is 0.192. The Hall–Kier alpha value is -4.33. The smallest absolute Gasteiger partial charge is 0.340 e. The zero-order valence-electron chi connectivity index (χ0n) is 19.1. The molecule has 0 amide bonds. The number of fused-ring (bicyclic) bond motifs is 2. The van der Waals surface area contributed by atoms with Gasteiger partial charge in [0, 0.05) is 27.9 Å². The lowest BCUT2D eigenvalue weighted by Gasteiger charge is -2.20. The highest BCUT2D eigenvalue weighted by molar-refractivity contribution is 6.30. The second-order valence-corrected chi connectivity index (χ2v) is 8.25. The topological polar surface area (TPSA) is 136 Å². The number of aryl methyl sites for hydroxylation is 1. The minimum absolute atomic E-state index is 0.0564. The first-order valence-electron chi connectivity index (χ1n) is 10.6. The molecule has 1 unspecified atom stereocenters. The van der Waals surface area contributed by atoms with Crippen molar-refractivity contribution in [3.05, 3.63) is 86.7 Å². The fourth-order valence-electron chi connectivity index (χ4n) is 4.40. The van der Waals surface area contributed by atoms with Crippen molar-refractivity contribution < 1.29 is 28.7 Å². The van der Waals surface area contributed by atoms with Gasteiger partial charge in [-0.3, -0.25) is 19.2 Å². The Morgan fingerprint density at radius 2 is 1.56 bits per heavy atom. The van der Waals surface area contributed by atoms with Crippen molar-refractivity contribution >= 4 is 34.8 Å². The summed E-state index contributed by atoms with van der Waals surface area (Å²) >= 11 is 0. The third-order valence-electron chi connectivity index (χ3n) is 6.04. The molecule has 8 nitrogen and oxygen atoms in total. The van der Waals surface area contributed by atoms with E-state index >= 15 is 0 Å². The number of carbonyl (C=O) groups is 5. The van der Waals surface area contributed by atoms with Gasteiger partial charge in [-0.2, -0.15) is 0 Å². The zero-order chi connectivity index (χ0) is 24.9. The summed E-state index contributed by atoms with van der Waals surface area (Å²) in [5.74, 6) is -2.43. The molecule has 1 atom stereocenters. The standard InChI is InChI=1S/C26H22N2O6/c1-11-19(13(3)29)12(2)28-22(11)23(30)14(4)34-26(33)18-10-9-17-20(21(18)27)25(32)16-8-6-5-7-15(16)24(17)31/h5-10,14,28H,27H2,1-4H3. The van der Waals surface area contributed by atoms with Crippen LogP contribution in [0.4, 0.5) is 5.69 Å². The first-order chi connectivity index (χ1) is 16.0. The van der Waals surface area contributed by atoms with Crippen LogP contribution in [0.3, 0.4) is 0 Å². The van der Waals surface area contributed by atoms with Gasteiger partial charge in [-0.05, 0) is 45.4 Å². The third kappa shape index (κ3) is 3.44. The third-order valence-corrected chi connectivity index (χ3v) is 6.04. The first kappa shape index (κ1) is 22.8. The second kappa shape index (κ2) is 8.22. The Morgan fingerprint density at radius 1 is 0.941 bits per heavy atom. The number of H-pyrrole nitrogens is 1. The van der Waals surface area contributed by atoms with Gasteiger partial charge in [0.15, 0.2) is 23.5 Å². The molecule has 0 fully saturated rings. The molecule has 1 aliphatic carbocycles. The van der Waals surface area contributed by atoms with E-state index in [0.29, 0.717) is 16.8 Å². The van der Waals surface area contributed by atoms with E-state index in [1.807, 2.05) is 0 Å². The molecule has 0 bridgehead atoms. The molecule has 4 rings (SSSR count). The molecule has 2 aromatic carbocycles. The highest BCUT2D eigenvalue weighted by atomic mass is 16.5. The summed E-state index contributed by atoms with van der Waals surface area (Å²) < 4.78 is 5.35.